The van der Waals surface area contributed by atoms with Crippen molar-refractivity contribution in [3.8, 4) is 0 Å². The highest BCUT2D eigenvalue weighted by molar-refractivity contribution is 7.07. The highest BCUT2D eigenvalue weighted by Crippen LogP contribution is 2.26. The number of pyridine rings is 1. The van der Waals surface area contributed by atoms with Crippen LogP contribution in [0.2, 0.25) is 10.3 Å². The fraction of sp³-hybridized carbons (Fsp3) is 0.615. The van der Waals surface area contributed by atoms with E-state index in [1.165, 1.54) is 5.56 Å². The van der Waals surface area contributed by atoms with Gasteiger partial charge in [0.15, 0.2) is 0 Å². The van der Waals surface area contributed by atoms with Crippen LogP contribution in [0.1, 0.15) is 49.1 Å². The molecule has 2 aliphatic rings. The summed E-state index contributed by atoms with van der Waals surface area (Å²) in [4.78, 5) is 21.8. The minimum absolute atomic E-state index is 0.0339. The molecule has 2 amide bonds. The fourth-order valence-electron chi connectivity index (χ4n) is 5.11. The molecule has 2 saturated heterocycles. The lowest BCUT2D eigenvalue weighted by Gasteiger charge is -2.41. The predicted molar refractivity (Wildman–Crippen MR) is 151 cm³/mol. The maximum atomic E-state index is 13.3. The lowest BCUT2D eigenvalue weighted by atomic mass is 10.0. The Morgan fingerprint density at radius 1 is 1.29 bits per heavy atom. The van der Waals surface area contributed by atoms with E-state index in [1.54, 1.807) is 17.4 Å². The first-order valence-corrected chi connectivity index (χ1v) is 14.9. The maximum Gasteiger partial charge on any atom is 0.332 e. The molecule has 9 nitrogen and oxygen atoms in total. The van der Waals surface area contributed by atoms with E-state index in [-0.39, 0.29) is 17.2 Å². The van der Waals surface area contributed by atoms with Crippen LogP contribution in [0.5, 0.6) is 0 Å². The molecule has 0 bridgehead atoms. The number of halogens is 2. The Morgan fingerprint density at radius 2 is 2.03 bits per heavy atom. The molecule has 0 spiro atoms. The minimum Gasteiger partial charge on any atom is -0.379 e. The summed E-state index contributed by atoms with van der Waals surface area (Å²) in [6, 6.07) is 4.27. The molecule has 4 rings (SSSR count). The zero-order valence-corrected chi connectivity index (χ0v) is 24.4. The first kappa shape index (κ1) is 29.5. The topological polar surface area (TPSA) is 93.2 Å². The second-order valence-corrected chi connectivity index (χ2v) is 11.5. The molecule has 38 heavy (non-hydrogen) atoms. The molecule has 0 aromatic carbocycles. The van der Waals surface area contributed by atoms with Crippen LogP contribution < -0.4 is 10.7 Å². The Hall–Kier alpha value is -1.50. The van der Waals surface area contributed by atoms with Crippen molar-refractivity contribution in [2.45, 2.75) is 58.0 Å². The van der Waals surface area contributed by atoms with Crippen molar-refractivity contribution in [3.63, 3.8) is 0 Å². The lowest BCUT2D eigenvalue weighted by Crippen LogP contribution is -2.56. The van der Waals surface area contributed by atoms with Gasteiger partial charge in [-0.15, -0.1) is 0 Å². The van der Waals surface area contributed by atoms with Gasteiger partial charge in [-0.25, -0.2) is 14.8 Å². The number of carbonyl (C=O) groups excluding carboxylic acids is 1. The van der Waals surface area contributed by atoms with E-state index in [9.17, 15) is 9.90 Å². The number of thiophene rings is 1. The standard InChI is InChI=1S/C26H38Cl2N6O3S/c1-18-15-22(27)30-24(28)23(18)25(35)29-7-3-19(2)32-8-4-21(5-9-32)34(16-20-6-14-38-17-20)26(36)31-33-10-12-37-13-11-33/h6,14-15,17,19,21,25,29,35H,3-5,7-13,16H2,1-2H3,(H,31,36)/t19-,25?/m1/s1. The number of aromatic nitrogens is 1. The summed E-state index contributed by atoms with van der Waals surface area (Å²) < 4.78 is 5.41. The predicted octanol–water partition coefficient (Wildman–Crippen LogP) is 4.04. The molecular formula is C26H38Cl2N6O3S. The summed E-state index contributed by atoms with van der Waals surface area (Å²) >= 11 is 13.8. The van der Waals surface area contributed by atoms with Gasteiger partial charge >= 0.3 is 6.03 Å². The second kappa shape index (κ2) is 14.2. The number of hydrogen-bond donors (Lipinski definition) is 3. The van der Waals surface area contributed by atoms with Crippen LogP contribution >= 0.6 is 34.5 Å². The Bertz CT molecular complexity index is 1010. The zero-order chi connectivity index (χ0) is 27.1. The third kappa shape index (κ3) is 8.02. The molecule has 0 aliphatic carbocycles. The van der Waals surface area contributed by atoms with Crippen LogP contribution in [0.4, 0.5) is 4.79 Å². The monoisotopic (exact) mass is 584 g/mol. The van der Waals surface area contributed by atoms with Crippen LogP contribution in [-0.2, 0) is 11.3 Å². The van der Waals surface area contributed by atoms with Crippen molar-refractivity contribution in [2.24, 2.45) is 0 Å². The van der Waals surface area contributed by atoms with Gasteiger partial charge in [-0.1, -0.05) is 23.2 Å². The molecule has 1 unspecified atom stereocenters. The molecule has 2 aromatic heterocycles. The zero-order valence-electron chi connectivity index (χ0n) is 22.0. The lowest BCUT2D eigenvalue weighted by molar-refractivity contribution is 0.0120. The number of carbonyl (C=O) groups is 1. The molecule has 2 aliphatic heterocycles. The molecule has 2 atom stereocenters. The van der Waals surface area contributed by atoms with E-state index in [1.807, 2.05) is 16.8 Å². The van der Waals surface area contributed by atoms with Crippen LogP contribution in [-0.4, -0.2) is 89.0 Å². The highest BCUT2D eigenvalue weighted by Gasteiger charge is 2.31. The molecule has 4 heterocycles. The Morgan fingerprint density at radius 3 is 2.68 bits per heavy atom. The number of aryl methyl sites for hydroxylation is 1. The molecule has 0 saturated carbocycles. The van der Waals surface area contributed by atoms with Crippen LogP contribution in [0.15, 0.2) is 22.9 Å². The van der Waals surface area contributed by atoms with Crippen LogP contribution in [0.25, 0.3) is 0 Å². The number of nitrogens with one attached hydrogen (secondary N) is 2. The average Bonchev–Trinajstić information content (AvgIpc) is 3.41. The largest absolute Gasteiger partial charge is 0.379 e. The van der Waals surface area contributed by atoms with Crippen molar-refractivity contribution in [3.05, 3.63) is 49.9 Å². The van der Waals surface area contributed by atoms with Gasteiger partial charge in [0.2, 0.25) is 0 Å². The first-order valence-electron chi connectivity index (χ1n) is 13.2. The van der Waals surface area contributed by atoms with Gasteiger partial charge in [0.1, 0.15) is 16.5 Å². The fourth-order valence-corrected chi connectivity index (χ4v) is 6.40. The van der Waals surface area contributed by atoms with E-state index in [0.29, 0.717) is 56.2 Å². The van der Waals surface area contributed by atoms with E-state index in [2.05, 4.69) is 44.4 Å². The van der Waals surface area contributed by atoms with Crippen molar-refractivity contribution < 1.29 is 14.6 Å². The number of piperidine rings is 1. The molecule has 0 radical (unpaired) electrons. The van der Waals surface area contributed by atoms with Gasteiger partial charge in [-0.3, -0.25) is 10.7 Å². The SMILES string of the molecule is Cc1cc(Cl)nc(Cl)c1C(O)NCC[C@@H](C)N1CCC(N(Cc2ccsc2)C(=O)NN2CCOCC2)CC1. The maximum absolute atomic E-state index is 13.3. The summed E-state index contributed by atoms with van der Waals surface area (Å²) in [5, 5.41) is 20.4. The number of likely N-dealkylation sites (tertiary alicyclic amines) is 1. The third-order valence-corrected chi connectivity index (χ3v) is 8.60. The van der Waals surface area contributed by atoms with Crippen molar-refractivity contribution in [2.75, 3.05) is 45.9 Å². The summed E-state index contributed by atoms with van der Waals surface area (Å²) in [7, 11) is 0. The first-order chi connectivity index (χ1) is 18.3. The van der Waals surface area contributed by atoms with Crippen molar-refractivity contribution in [1.82, 2.24) is 30.5 Å². The number of aliphatic hydroxyl groups is 1. The number of ether oxygens (including phenoxy) is 1. The van der Waals surface area contributed by atoms with E-state index < -0.39 is 6.23 Å². The summed E-state index contributed by atoms with van der Waals surface area (Å²) in [6.45, 7) is 9.84. The third-order valence-electron chi connectivity index (χ3n) is 7.38. The van der Waals surface area contributed by atoms with Gasteiger partial charge in [0, 0.05) is 50.4 Å². The van der Waals surface area contributed by atoms with Gasteiger partial charge in [-0.2, -0.15) is 11.3 Å². The van der Waals surface area contributed by atoms with E-state index in [4.69, 9.17) is 27.9 Å². The minimum atomic E-state index is -0.902. The van der Waals surface area contributed by atoms with Crippen molar-refractivity contribution in [1.29, 1.82) is 0 Å². The second-order valence-electron chi connectivity index (χ2n) is 10.0. The summed E-state index contributed by atoms with van der Waals surface area (Å²) in [5.41, 5.74) is 5.63. The van der Waals surface area contributed by atoms with Gasteiger partial charge in [-0.05, 0) is 73.7 Å². The number of hydrazine groups is 1. The van der Waals surface area contributed by atoms with Crippen LogP contribution in [0, 0.1) is 6.92 Å². The molecule has 2 aromatic rings. The molecule has 12 heteroatoms. The number of aliphatic hydroxyl groups excluding tert-OH is 1. The van der Waals surface area contributed by atoms with Crippen molar-refractivity contribution >= 4 is 40.6 Å². The highest BCUT2D eigenvalue weighted by atomic mass is 35.5. The number of nitrogens with zero attached hydrogens (tertiary/aromatic N) is 4. The number of hydrogen-bond acceptors (Lipinski definition) is 8. The van der Waals surface area contributed by atoms with Crippen LogP contribution in [0.3, 0.4) is 0 Å². The summed E-state index contributed by atoms with van der Waals surface area (Å²) in [5.74, 6) is 0. The molecule has 2 fully saturated rings. The van der Waals surface area contributed by atoms with E-state index >= 15 is 0 Å². The normalized spacial score (nSPS) is 19.3. The number of amides is 2. The molecule has 3 N–H and O–H groups in total. The number of morpholine rings is 1. The quantitative estimate of drug-likeness (QED) is 0.286. The Labute approximate surface area is 239 Å². The molecule has 210 valence electrons. The number of urea groups is 1. The Balaban J connectivity index is 1.26. The summed E-state index contributed by atoms with van der Waals surface area (Å²) in [6.07, 6.45) is 1.81. The van der Waals surface area contributed by atoms with Gasteiger partial charge in [0.05, 0.1) is 13.2 Å². The van der Waals surface area contributed by atoms with E-state index in [0.717, 1.165) is 37.9 Å². The smallest absolute Gasteiger partial charge is 0.332 e. The Kier molecular flexibility index (Phi) is 11.0. The van der Waals surface area contributed by atoms with Gasteiger partial charge < -0.3 is 19.6 Å². The number of rotatable bonds is 10. The average molecular weight is 586 g/mol. The van der Waals surface area contributed by atoms with Gasteiger partial charge in [0.25, 0.3) is 0 Å². The molecular weight excluding hydrogens is 547 g/mol.